The highest BCUT2D eigenvalue weighted by Gasteiger charge is 2.15. The summed E-state index contributed by atoms with van der Waals surface area (Å²) in [5.41, 5.74) is 0.606. The van der Waals surface area contributed by atoms with Gasteiger partial charge in [-0.2, -0.15) is 5.10 Å². The lowest BCUT2D eigenvalue weighted by Gasteiger charge is -2.00. The number of hydrogen-bond donors (Lipinski definition) is 1. The van der Waals surface area contributed by atoms with Crippen molar-refractivity contribution < 1.29 is 13.6 Å². The van der Waals surface area contributed by atoms with Crippen LogP contribution in [0.5, 0.6) is 0 Å². The summed E-state index contributed by atoms with van der Waals surface area (Å²) in [7, 11) is 0. The summed E-state index contributed by atoms with van der Waals surface area (Å²) >= 11 is 1.22. The van der Waals surface area contributed by atoms with Crippen LogP contribution in [0.15, 0.2) is 22.3 Å². The molecule has 2 rings (SSSR count). The third-order valence-electron chi connectivity index (χ3n) is 2.28. The van der Waals surface area contributed by atoms with Crippen LogP contribution in [0.4, 0.5) is 8.78 Å². The van der Waals surface area contributed by atoms with Crippen molar-refractivity contribution in [3.63, 3.8) is 0 Å². The van der Waals surface area contributed by atoms with E-state index in [0.717, 1.165) is 6.07 Å². The smallest absolute Gasteiger partial charge is 0.236 e. The van der Waals surface area contributed by atoms with Gasteiger partial charge >= 0.3 is 0 Å². The summed E-state index contributed by atoms with van der Waals surface area (Å²) in [6.45, 7) is 1.52. The molecule has 0 atom stereocenters. The molecule has 1 aliphatic heterocycles. The highest BCUT2D eigenvalue weighted by atomic mass is 32.2. The predicted molar refractivity (Wildman–Crippen MR) is 66.7 cm³/mol. The van der Waals surface area contributed by atoms with Gasteiger partial charge in [0.1, 0.15) is 11.6 Å². The molecule has 1 aromatic rings. The van der Waals surface area contributed by atoms with Crippen LogP contribution in [0.25, 0.3) is 0 Å². The second-order valence-electron chi connectivity index (χ2n) is 3.59. The summed E-state index contributed by atoms with van der Waals surface area (Å²) in [5.74, 6) is -1.13. The Bertz CT molecular complexity index is 557. The summed E-state index contributed by atoms with van der Waals surface area (Å²) in [4.78, 5) is 10.9. The summed E-state index contributed by atoms with van der Waals surface area (Å²) in [5, 5.41) is 10.3. The fourth-order valence-corrected chi connectivity index (χ4v) is 1.95. The van der Waals surface area contributed by atoms with Crippen LogP contribution in [-0.2, 0) is 4.79 Å². The topological polar surface area (TPSA) is 53.8 Å². The number of halogens is 2. The standard InChI is InChI=1S/C11H9F2N3OS/c1-6-7(2-8(12)3-9(6)13)4-14-16-11-15-10(17)5-18-11/h2-4H,5H2,1H3,(H,15,16,17). The summed E-state index contributed by atoms with van der Waals surface area (Å²) in [6, 6.07) is 1.98. The lowest BCUT2D eigenvalue weighted by Crippen LogP contribution is -2.19. The van der Waals surface area contributed by atoms with Gasteiger partial charge in [-0.05, 0) is 18.6 Å². The molecule has 1 N–H and O–H groups in total. The average Bonchev–Trinajstić information content (AvgIpc) is 2.71. The van der Waals surface area contributed by atoms with Gasteiger partial charge in [0.05, 0.1) is 12.0 Å². The Kier molecular flexibility index (Phi) is 3.71. The number of amidine groups is 1. The van der Waals surface area contributed by atoms with Crippen LogP contribution in [0.1, 0.15) is 11.1 Å². The quantitative estimate of drug-likeness (QED) is 0.657. The van der Waals surface area contributed by atoms with Crippen molar-refractivity contribution in [3.8, 4) is 0 Å². The molecule has 1 saturated heterocycles. The summed E-state index contributed by atoms with van der Waals surface area (Å²) < 4.78 is 26.2. The monoisotopic (exact) mass is 269 g/mol. The Morgan fingerprint density at radius 1 is 1.44 bits per heavy atom. The minimum atomic E-state index is -0.671. The molecule has 1 amide bonds. The molecule has 0 unspecified atom stereocenters. The molecule has 0 aromatic heterocycles. The first kappa shape index (κ1) is 12.7. The molecule has 0 spiro atoms. The van der Waals surface area contributed by atoms with Gasteiger partial charge in [-0.25, -0.2) is 8.78 Å². The minimum Gasteiger partial charge on any atom is -0.303 e. The minimum absolute atomic E-state index is 0.137. The Hall–Kier alpha value is -1.76. The van der Waals surface area contributed by atoms with Crippen LogP contribution >= 0.6 is 11.8 Å². The maximum Gasteiger partial charge on any atom is 0.236 e. The van der Waals surface area contributed by atoms with E-state index in [1.54, 1.807) is 0 Å². The lowest BCUT2D eigenvalue weighted by molar-refractivity contribution is -0.116. The maximum atomic E-state index is 13.2. The molecule has 4 nitrogen and oxygen atoms in total. The Balaban J connectivity index is 2.17. The van der Waals surface area contributed by atoms with Gasteiger partial charge in [0, 0.05) is 11.6 Å². The highest BCUT2D eigenvalue weighted by Crippen LogP contribution is 2.13. The first-order valence-electron chi connectivity index (χ1n) is 5.05. The van der Waals surface area contributed by atoms with Crippen molar-refractivity contribution in [2.75, 3.05) is 5.75 Å². The van der Waals surface area contributed by atoms with Crippen LogP contribution in [0.2, 0.25) is 0 Å². The third kappa shape index (κ3) is 2.92. The molecule has 0 saturated carbocycles. The number of benzene rings is 1. The third-order valence-corrected chi connectivity index (χ3v) is 3.14. The van der Waals surface area contributed by atoms with Gasteiger partial charge in [0.25, 0.3) is 0 Å². The molecule has 94 valence electrons. The summed E-state index contributed by atoms with van der Waals surface area (Å²) in [6.07, 6.45) is 1.25. The van der Waals surface area contributed by atoms with Gasteiger partial charge in [0.2, 0.25) is 5.91 Å². The normalized spacial score (nSPS) is 17.7. The zero-order valence-corrected chi connectivity index (χ0v) is 10.2. The molecule has 0 aliphatic carbocycles. The fourth-order valence-electron chi connectivity index (χ4n) is 1.32. The van der Waals surface area contributed by atoms with Crippen molar-refractivity contribution in [2.45, 2.75) is 6.92 Å². The van der Waals surface area contributed by atoms with Crippen molar-refractivity contribution in [2.24, 2.45) is 10.2 Å². The van der Waals surface area contributed by atoms with E-state index >= 15 is 0 Å². The number of thioether (sulfide) groups is 1. The molecule has 7 heteroatoms. The van der Waals surface area contributed by atoms with Crippen molar-refractivity contribution in [1.29, 1.82) is 0 Å². The van der Waals surface area contributed by atoms with Gasteiger partial charge in [0.15, 0.2) is 5.17 Å². The van der Waals surface area contributed by atoms with Crippen LogP contribution in [0, 0.1) is 18.6 Å². The molecule has 0 bridgehead atoms. The molecule has 1 heterocycles. The van der Waals surface area contributed by atoms with Crippen LogP contribution < -0.4 is 5.32 Å². The second kappa shape index (κ2) is 5.26. The Labute approximate surface area is 106 Å². The van der Waals surface area contributed by atoms with E-state index < -0.39 is 11.6 Å². The Morgan fingerprint density at radius 2 is 2.22 bits per heavy atom. The zero-order chi connectivity index (χ0) is 13.1. The van der Waals surface area contributed by atoms with Crippen LogP contribution in [0.3, 0.4) is 0 Å². The van der Waals surface area contributed by atoms with E-state index in [9.17, 15) is 13.6 Å². The van der Waals surface area contributed by atoms with Crippen LogP contribution in [-0.4, -0.2) is 23.0 Å². The van der Waals surface area contributed by atoms with Crippen molar-refractivity contribution in [3.05, 3.63) is 34.9 Å². The fraction of sp³-hybridized carbons (Fsp3) is 0.182. The number of carbonyl (C=O) groups excluding carboxylic acids is 1. The molecule has 0 radical (unpaired) electrons. The number of amides is 1. The van der Waals surface area contributed by atoms with Crippen molar-refractivity contribution >= 4 is 29.1 Å². The van der Waals surface area contributed by atoms with E-state index in [1.807, 2.05) is 0 Å². The highest BCUT2D eigenvalue weighted by molar-refractivity contribution is 8.15. The lowest BCUT2D eigenvalue weighted by atomic mass is 10.1. The van der Waals surface area contributed by atoms with E-state index in [2.05, 4.69) is 15.5 Å². The number of nitrogens with one attached hydrogen (secondary N) is 1. The number of hydrogen-bond acceptors (Lipinski definition) is 4. The second-order valence-corrected chi connectivity index (χ2v) is 4.55. The Morgan fingerprint density at radius 3 is 2.89 bits per heavy atom. The first-order chi connectivity index (χ1) is 8.56. The first-order valence-corrected chi connectivity index (χ1v) is 6.04. The molecular formula is C11H9F2N3OS. The molecule has 1 fully saturated rings. The molecule has 1 aliphatic rings. The number of rotatable bonds is 2. The largest absolute Gasteiger partial charge is 0.303 e. The van der Waals surface area contributed by atoms with Crippen molar-refractivity contribution in [1.82, 2.24) is 5.32 Å². The average molecular weight is 269 g/mol. The zero-order valence-electron chi connectivity index (χ0n) is 9.41. The SMILES string of the molecule is Cc1c(F)cc(F)cc1C=NN=C1NC(=O)CS1. The van der Waals surface area contributed by atoms with E-state index in [4.69, 9.17) is 0 Å². The maximum absolute atomic E-state index is 13.2. The van der Waals surface area contributed by atoms with Gasteiger partial charge < -0.3 is 5.32 Å². The van der Waals surface area contributed by atoms with E-state index in [1.165, 1.54) is 31.0 Å². The molecule has 1 aromatic carbocycles. The van der Waals surface area contributed by atoms with Gasteiger partial charge in [-0.1, -0.05) is 11.8 Å². The predicted octanol–water partition coefficient (Wildman–Crippen LogP) is 1.83. The molecule has 18 heavy (non-hydrogen) atoms. The number of nitrogens with zero attached hydrogens (tertiary/aromatic N) is 2. The van der Waals surface area contributed by atoms with Gasteiger partial charge in [-0.15, -0.1) is 5.10 Å². The van der Waals surface area contributed by atoms with Gasteiger partial charge in [-0.3, -0.25) is 4.79 Å². The number of carbonyl (C=O) groups is 1. The van der Waals surface area contributed by atoms with E-state index in [-0.39, 0.29) is 5.91 Å². The van der Waals surface area contributed by atoms with E-state index in [0.29, 0.717) is 22.0 Å². The molecular weight excluding hydrogens is 260 g/mol.